The molecule has 258 valence electrons. The zero-order chi connectivity index (χ0) is 33.9. The van der Waals surface area contributed by atoms with Crippen molar-refractivity contribution in [2.45, 2.75) is 103 Å². The molecule has 5 aliphatic rings. The van der Waals surface area contributed by atoms with Gasteiger partial charge in [-0.15, -0.1) is 0 Å². The highest BCUT2D eigenvalue weighted by molar-refractivity contribution is 6.19. The van der Waals surface area contributed by atoms with Gasteiger partial charge in [0.2, 0.25) is 11.9 Å². The Labute approximate surface area is 277 Å². The minimum atomic E-state index is -1.30. The van der Waals surface area contributed by atoms with Crippen molar-refractivity contribution >= 4 is 11.7 Å². The lowest BCUT2D eigenvalue weighted by Gasteiger charge is -2.54. The summed E-state index contributed by atoms with van der Waals surface area (Å²) < 4.78 is 19.1. The molecule has 1 amide bonds. The van der Waals surface area contributed by atoms with Crippen molar-refractivity contribution < 1.29 is 44.2 Å². The number of phenols is 2. The predicted molar refractivity (Wildman–Crippen MR) is 173 cm³/mol. The van der Waals surface area contributed by atoms with Crippen molar-refractivity contribution in [2.24, 2.45) is 47.3 Å². The molecule has 3 heterocycles. The summed E-state index contributed by atoms with van der Waals surface area (Å²) in [7, 11) is 1.30. The van der Waals surface area contributed by atoms with Crippen LogP contribution in [0.25, 0.3) is 0 Å². The van der Waals surface area contributed by atoms with Crippen LogP contribution in [-0.4, -0.2) is 63.3 Å². The maximum absolute atomic E-state index is 13.3. The van der Waals surface area contributed by atoms with Gasteiger partial charge < -0.3 is 40.0 Å². The van der Waals surface area contributed by atoms with Gasteiger partial charge in [-0.1, -0.05) is 39.3 Å². The van der Waals surface area contributed by atoms with Crippen LogP contribution >= 0.6 is 0 Å². The largest absolute Gasteiger partial charge is 0.510 e. The van der Waals surface area contributed by atoms with E-state index in [0.29, 0.717) is 24.8 Å². The number of benzene rings is 1. The van der Waals surface area contributed by atoms with E-state index in [2.05, 4.69) is 39.1 Å². The highest BCUT2D eigenvalue weighted by Gasteiger charge is 2.54. The highest BCUT2D eigenvalue weighted by atomic mass is 16.7. The van der Waals surface area contributed by atoms with Gasteiger partial charge in [-0.05, 0) is 92.2 Å². The van der Waals surface area contributed by atoms with E-state index < -0.39 is 35.6 Å². The summed E-state index contributed by atoms with van der Waals surface area (Å²) in [5.41, 5.74) is 1.69. The molecule has 10 heteroatoms. The molecule has 4 fully saturated rings. The summed E-state index contributed by atoms with van der Waals surface area (Å²) >= 11 is 0. The molecule has 13 unspecified atom stereocenters. The second-order valence-corrected chi connectivity index (χ2v) is 15.2. The number of rotatable bonds is 5. The lowest BCUT2D eigenvalue weighted by Crippen LogP contribution is -2.55. The van der Waals surface area contributed by atoms with E-state index in [1.165, 1.54) is 13.2 Å². The van der Waals surface area contributed by atoms with Gasteiger partial charge in [0.15, 0.2) is 5.79 Å². The van der Waals surface area contributed by atoms with Crippen LogP contribution in [0, 0.1) is 47.3 Å². The maximum atomic E-state index is 13.3. The smallest absolute Gasteiger partial charge is 0.261 e. The van der Waals surface area contributed by atoms with Crippen molar-refractivity contribution in [1.82, 2.24) is 5.32 Å². The molecule has 10 nitrogen and oxygen atoms in total. The molecule has 47 heavy (non-hydrogen) atoms. The third-order valence-electron chi connectivity index (χ3n) is 12.2. The number of allylic oxidation sites excluding steroid dienone is 3. The minimum Gasteiger partial charge on any atom is -0.510 e. The normalized spacial score (nSPS) is 43.3. The highest BCUT2D eigenvalue weighted by Crippen LogP contribution is 2.55. The molecule has 1 saturated carbocycles. The Bertz CT molecular complexity index is 1430. The lowest BCUT2D eigenvalue weighted by molar-refractivity contribution is -0.356. The van der Waals surface area contributed by atoms with E-state index in [0.717, 1.165) is 24.8 Å². The van der Waals surface area contributed by atoms with Gasteiger partial charge in [-0.3, -0.25) is 9.59 Å². The van der Waals surface area contributed by atoms with Crippen LogP contribution in [-0.2, 0) is 23.8 Å². The predicted octanol–water partition coefficient (Wildman–Crippen LogP) is 5.43. The standard InChI is InChI=1S/C37H51NO9/c1-17-9-10-37(47-34(17)23-13-24(39)15-25(40)14-23)20(4)11-19(3)28(46-37)16-26-18(2)12-22-7-8-27(41)21(5)29(22)30(26)32(42)31-33(43)35(45-6)36(44)38-31/h12-15,17,19-22,26-30,34-35,39-42H,7-11,16H2,1-6H3,(H,38,44)/b32-31+. The first-order valence-corrected chi connectivity index (χ1v) is 17.3. The number of carbonyl (C=O) groups is 2. The number of aliphatic hydroxyl groups is 2. The minimum absolute atomic E-state index is 0.0202. The summed E-state index contributed by atoms with van der Waals surface area (Å²) in [5.74, 6) is -2.76. The number of nitrogens with one attached hydrogen (secondary N) is 1. The van der Waals surface area contributed by atoms with E-state index in [4.69, 9.17) is 14.2 Å². The molecular weight excluding hydrogens is 602 g/mol. The van der Waals surface area contributed by atoms with Crippen LogP contribution in [0.2, 0.25) is 0 Å². The molecule has 3 aliphatic heterocycles. The van der Waals surface area contributed by atoms with Crippen LogP contribution in [0.1, 0.15) is 84.8 Å². The number of methoxy groups -OCH3 is 1. The Morgan fingerprint density at radius 1 is 1.02 bits per heavy atom. The summed E-state index contributed by atoms with van der Waals surface area (Å²) in [6.45, 7) is 10.5. The zero-order valence-electron chi connectivity index (χ0n) is 28.3. The third-order valence-corrected chi connectivity index (χ3v) is 12.2. The number of phenolic OH excluding ortho intramolecular Hbond substituents is 2. The Hall–Kier alpha value is -2.92. The lowest BCUT2D eigenvalue weighted by atomic mass is 9.56. The van der Waals surface area contributed by atoms with Gasteiger partial charge >= 0.3 is 0 Å². The molecule has 13 atom stereocenters. The second kappa shape index (κ2) is 12.8. The molecular formula is C37H51NO9. The molecule has 1 spiro atoms. The van der Waals surface area contributed by atoms with Crippen molar-refractivity contribution in [3.8, 4) is 11.5 Å². The van der Waals surface area contributed by atoms with Gasteiger partial charge in [0.25, 0.3) is 5.91 Å². The molecule has 0 radical (unpaired) electrons. The van der Waals surface area contributed by atoms with Gasteiger partial charge in [0.05, 0.1) is 18.3 Å². The summed E-state index contributed by atoms with van der Waals surface area (Å²) in [5, 5.41) is 46.1. The first-order valence-electron chi connectivity index (χ1n) is 17.3. The van der Waals surface area contributed by atoms with Crippen molar-refractivity contribution in [1.29, 1.82) is 0 Å². The number of Topliss-reactive ketones (excluding diaryl/α,β-unsaturated/α-hetero) is 1. The molecule has 1 aromatic rings. The number of amides is 1. The molecule has 0 bridgehead atoms. The Kier molecular flexibility index (Phi) is 9.28. The summed E-state index contributed by atoms with van der Waals surface area (Å²) in [6, 6.07) is 4.58. The second-order valence-electron chi connectivity index (χ2n) is 15.2. The Morgan fingerprint density at radius 3 is 2.38 bits per heavy atom. The Balaban J connectivity index is 1.34. The molecule has 0 aromatic heterocycles. The van der Waals surface area contributed by atoms with Gasteiger partial charge in [-0.2, -0.15) is 0 Å². The Morgan fingerprint density at radius 2 is 1.72 bits per heavy atom. The fraction of sp³-hybridized carbons (Fsp3) is 0.676. The van der Waals surface area contributed by atoms with E-state index in [1.807, 2.05) is 6.92 Å². The quantitative estimate of drug-likeness (QED) is 0.121. The number of ketones is 1. The molecule has 2 aliphatic carbocycles. The molecule has 1 aromatic carbocycles. The van der Waals surface area contributed by atoms with E-state index in [9.17, 15) is 30.0 Å². The van der Waals surface area contributed by atoms with Gasteiger partial charge in [0.1, 0.15) is 23.0 Å². The average molecular weight is 654 g/mol. The average Bonchev–Trinajstić information content (AvgIpc) is 3.31. The number of aromatic hydroxyl groups is 2. The van der Waals surface area contributed by atoms with Crippen molar-refractivity contribution in [3.63, 3.8) is 0 Å². The first-order chi connectivity index (χ1) is 22.2. The van der Waals surface area contributed by atoms with Gasteiger partial charge in [-0.25, -0.2) is 0 Å². The third kappa shape index (κ3) is 6.00. The number of aliphatic hydroxyl groups excluding tert-OH is 2. The zero-order valence-corrected chi connectivity index (χ0v) is 28.3. The number of fused-ring (bicyclic) bond motifs is 1. The maximum Gasteiger partial charge on any atom is 0.261 e. The number of ether oxygens (including phenoxy) is 3. The summed E-state index contributed by atoms with van der Waals surface area (Å²) in [6.07, 6.45) is 4.21. The monoisotopic (exact) mass is 653 g/mol. The van der Waals surface area contributed by atoms with Crippen molar-refractivity contribution in [2.75, 3.05) is 7.11 Å². The number of hydrogen-bond acceptors (Lipinski definition) is 9. The molecule has 5 N–H and O–H groups in total. The summed E-state index contributed by atoms with van der Waals surface area (Å²) in [4.78, 5) is 25.9. The fourth-order valence-electron chi connectivity index (χ4n) is 9.55. The molecule has 6 rings (SSSR count). The number of carbonyl (C=O) groups excluding carboxylic acids is 2. The van der Waals surface area contributed by atoms with Crippen LogP contribution in [0.4, 0.5) is 0 Å². The molecule has 3 saturated heterocycles. The number of hydrogen-bond donors (Lipinski definition) is 5. The SMILES string of the molecule is COC1C(=O)N/C(=C(/O)C2C(CC3OC4(CCC(C)C(c5cc(O)cc(O)c5)O4)C(C)CC3C)C(C)=CC3CCC(O)C(C)C32)C1=O. The first kappa shape index (κ1) is 34.0. The van der Waals surface area contributed by atoms with Crippen LogP contribution in [0.15, 0.2) is 41.3 Å². The fourth-order valence-corrected chi connectivity index (χ4v) is 9.55. The topological polar surface area (TPSA) is 155 Å². The van der Waals surface area contributed by atoms with Crippen molar-refractivity contribution in [3.05, 3.63) is 46.9 Å². The van der Waals surface area contributed by atoms with E-state index >= 15 is 0 Å². The van der Waals surface area contributed by atoms with Crippen LogP contribution < -0.4 is 5.32 Å². The van der Waals surface area contributed by atoms with Crippen LogP contribution in [0.3, 0.4) is 0 Å². The van der Waals surface area contributed by atoms with Crippen LogP contribution in [0.5, 0.6) is 11.5 Å². The van der Waals surface area contributed by atoms with E-state index in [-0.39, 0.29) is 76.6 Å². The van der Waals surface area contributed by atoms with Gasteiger partial charge in [0, 0.05) is 31.4 Å². The van der Waals surface area contributed by atoms with E-state index in [1.54, 1.807) is 12.1 Å².